The van der Waals surface area contributed by atoms with Crippen LogP contribution in [0.25, 0.3) is 0 Å². The van der Waals surface area contributed by atoms with Crippen molar-refractivity contribution in [1.82, 2.24) is 5.32 Å². The second-order valence-corrected chi connectivity index (χ2v) is 6.31. The molecule has 2 atom stereocenters. The Balaban J connectivity index is 3.05. The van der Waals surface area contributed by atoms with E-state index in [4.69, 9.17) is 4.74 Å². The van der Waals surface area contributed by atoms with Crippen LogP contribution in [-0.4, -0.2) is 18.8 Å². The Hall–Kier alpha value is -0.860. The van der Waals surface area contributed by atoms with Crippen molar-refractivity contribution in [2.75, 3.05) is 13.2 Å². The molecule has 2 unspecified atom stereocenters. The lowest BCUT2D eigenvalue weighted by molar-refractivity contribution is -0.0562. The average molecular weight is 291 g/mol. The summed E-state index contributed by atoms with van der Waals surface area (Å²) >= 11 is 0. The van der Waals surface area contributed by atoms with Gasteiger partial charge in [-0.3, -0.25) is 0 Å². The zero-order valence-electron chi connectivity index (χ0n) is 14.7. The Morgan fingerprint density at radius 1 is 1.05 bits per heavy atom. The van der Waals surface area contributed by atoms with Crippen molar-refractivity contribution in [3.05, 3.63) is 35.4 Å². The van der Waals surface area contributed by atoms with Crippen LogP contribution in [0.15, 0.2) is 24.3 Å². The minimum absolute atomic E-state index is 0.163. The van der Waals surface area contributed by atoms with Crippen LogP contribution in [0.2, 0.25) is 0 Å². The van der Waals surface area contributed by atoms with Gasteiger partial charge in [-0.25, -0.2) is 0 Å². The van der Waals surface area contributed by atoms with E-state index in [1.54, 1.807) is 0 Å². The maximum absolute atomic E-state index is 6.11. The first kappa shape index (κ1) is 18.2. The van der Waals surface area contributed by atoms with Gasteiger partial charge in [-0.1, -0.05) is 52.0 Å². The minimum atomic E-state index is -0.163. The molecule has 0 saturated heterocycles. The zero-order chi connectivity index (χ0) is 15.9. The number of hydrogen-bond donors (Lipinski definition) is 1. The van der Waals surface area contributed by atoms with E-state index in [0.717, 1.165) is 26.0 Å². The fourth-order valence-electron chi connectivity index (χ4n) is 2.77. The lowest BCUT2D eigenvalue weighted by Gasteiger charge is -2.38. The molecule has 21 heavy (non-hydrogen) atoms. The summed E-state index contributed by atoms with van der Waals surface area (Å²) in [6.45, 7) is 14.9. The Morgan fingerprint density at radius 2 is 1.62 bits per heavy atom. The van der Waals surface area contributed by atoms with E-state index < -0.39 is 0 Å². The van der Waals surface area contributed by atoms with Crippen LogP contribution < -0.4 is 5.32 Å². The highest BCUT2D eigenvalue weighted by Crippen LogP contribution is 2.33. The van der Waals surface area contributed by atoms with E-state index in [1.165, 1.54) is 11.1 Å². The van der Waals surface area contributed by atoms with Gasteiger partial charge in [0.1, 0.15) is 0 Å². The highest BCUT2D eigenvalue weighted by Gasteiger charge is 2.34. The largest absolute Gasteiger partial charge is 0.374 e. The predicted molar refractivity (Wildman–Crippen MR) is 91.9 cm³/mol. The molecule has 0 amide bonds. The molecular formula is C19H33NO. The highest BCUT2D eigenvalue weighted by atomic mass is 16.5. The molecule has 0 saturated carbocycles. The number of benzene rings is 1. The van der Waals surface area contributed by atoms with Crippen molar-refractivity contribution in [1.29, 1.82) is 0 Å². The van der Waals surface area contributed by atoms with E-state index in [9.17, 15) is 0 Å². The quantitative estimate of drug-likeness (QED) is 0.687. The number of rotatable bonds is 9. The molecule has 120 valence electrons. The van der Waals surface area contributed by atoms with Gasteiger partial charge < -0.3 is 10.1 Å². The van der Waals surface area contributed by atoms with Gasteiger partial charge in [-0.2, -0.15) is 0 Å². The number of hydrogen-bond acceptors (Lipinski definition) is 2. The zero-order valence-corrected chi connectivity index (χ0v) is 14.7. The van der Waals surface area contributed by atoms with E-state index in [-0.39, 0.29) is 11.6 Å². The standard InChI is InChI=1S/C19H33NO/c1-7-14-20-18(19(6,8-2)21-9-3)17-12-10-16(11-13-17)15(4)5/h10-13,15,18,20H,7-9,14H2,1-6H3. The van der Waals surface area contributed by atoms with Gasteiger partial charge in [0, 0.05) is 6.61 Å². The van der Waals surface area contributed by atoms with E-state index in [2.05, 4.69) is 71.1 Å². The first-order valence-corrected chi connectivity index (χ1v) is 8.45. The Bertz CT molecular complexity index is 399. The van der Waals surface area contributed by atoms with Crippen LogP contribution in [0.1, 0.15) is 77.5 Å². The molecule has 1 aromatic carbocycles. The summed E-state index contributed by atoms with van der Waals surface area (Å²) in [6, 6.07) is 9.26. The van der Waals surface area contributed by atoms with Crippen molar-refractivity contribution in [2.24, 2.45) is 0 Å². The second-order valence-electron chi connectivity index (χ2n) is 6.31. The van der Waals surface area contributed by atoms with Crippen molar-refractivity contribution >= 4 is 0 Å². The van der Waals surface area contributed by atoms with E-state index in [0.29, 0.717) is 5.92 Å². The van der Waals surface area contributed by atoms with Gasteiger partial charge in [-0.05, 0) is 50.3 Å². The molecule has 2 heteroatoms. The van der Waals surface area contributed by atoms with Gasteiger partial charge in [-0.15, -0.1) is 0 Å². The first-order chi connectivity index (χ1) is 9.98. The van der Waals surface area contributed by atoms with E-state index in [1.807, 2.05) is 0 Å². The summed E-state index contributed by atoms with van der Waals surface area (Å²) < 4.78 is 6.11. The van der Waals surface area contributed by atoms with Crippen LogP contribution in [0.4, 0.5) is 0 Å². The molecule has 0 aromatic heterocycles. The van der Waals surface area contributed by atoms with Gasteiger partial charge in [0.15, 0.2) is 0 Å². The summed E-state index contributed by atoms with van der Waals surface area (Å²) in [6.07, 6.45) is 2.13. The molecule has 0 fully saturated rings. The van der Waals surface area contributed by atoms with E-state index >= 15 is 0 Å². The fraction of sp³-hybridized carbons (Fsp3) is 0.684. The Labute approximate surface area is 131 Å². The predicted octanol–water partition coefficient (Wildman–Crippen LogP) is 5.06. The summed E-state index contributed by atoms with van der Waals surface area (Å²) in [7, 11) is 0. The molecule has 0 aliphatic rings. The smallest absolute Gasteiger partial charge is 0.0845 e. The van der Waals surface area contributed by atoms with Crippen LogP contribution >= 0.6 is 0 Å². The molecule has 1 rings (SSSR count). The third-order valence-electron chi connectivity index (χ3n) is 4.32. The van der Waals surface area contributed by atoms with Crippen LogP contribution in [-0.2, 0) is 4.74 Å². The number of nitrogens with one attached hydrogen (secondary N) is 1. The SMILES string of the molecule is CCCNC(c1ccc(C(C)C)cc1)C(C)(CC)OCC. The summed E-state index contributed by atoms with van der Waals surface area (Å²) in [5.41, 5.74) is 2.55. The third-order valence-corrected chi connectivity index (χ3v) is 4.32. The van der Waals surface area contributed by atoms with Crippen LogP contribution in [0, 0.1) is 0 Å². The van der Waals surface area contributed by atoms with Gasteiger partial charge in [0.2, 0.25) is 0 Å². The Morgan fingerprint density at radius 3 is 2.05 bits per heavy atom. The van der Waals surface area contributed by atoms with Crippen molar-refractivity contribution in [2.45, 2.75) is 71.9 Å². The van der Waals surface area contributed by atoms with Crippen LogP contribution in [0.5, 0.6) is 0 Å². The third kappa shape index (κ3) is 4.82. The molecule has 1 N–H and O–H groups in total. The Kier molecular flexibility index (Phi) is 7.41. The summed E-state index contributed by atoms with van der Waals surface area (Å²) in [5, 5.41) is 3.69. The molecule has 0 bridgehead atoms. The molecule has 1 aromatic rings. The molecule has 2 nitrogen and oxygen atoms in total. The molecular weight excluding hydrogens is 258 g/mol. The summed E-state index contributed by atoms with van der Waals surface area (Å²) in [4.78, 5) is 0. The molecule has 0 heterocycles. The normalized spacial score (nSPS) is 16.0. The lowest BCUT2D eigenvalue weighted by atomic mass is 9.86. The lowest BCUT2D eigenvalue weighted by Crippen LogP contribution is -2.43. The van der Waals surface area contributed by atoms with Crippen molar-refractivity contribution in [3.8, 4) is 0 Å². The highest BCUT2D eigenvalue weighted by molar-refractivity contribution is 5.28. The average Bonchev–Trinajstić information content (AvgIpc) is 2.48. The monoisotopic (exact) mass is 291 g/mol. The second kappa shape index (κ2) is 8.55. The van der Waals surface area contributed by atoms with Gasteiger partial charge in [0.05, 0.1) is 11.6 Å². The van der Waals surface area contributed by atoms with Crippen molar-refractivity contribution < 1.29 is 4.74 Å². The molecule has 0 radical (unpaired) electrons. The first-order valence-electron chi connectivity index (χ1n) is 8.45. The van der Waals surface area contributed by atoms with Crippen LogP contribution in [0.3, 0.4) is 0 Å². The molecule has 0 aliphatic carbocycles. The maximum Gasteiger partial charge on any atom is 0.0845 e. The molecule has 0 aliphatic heterocycles. The van der Waals surface area contributed by atoms with Gasteiger partial charge >= 0.3 is 0 Å². The molecule has 0 spiro atoms. The topological polar surface area (TPSA) is 21.3 Å². The van der Waals surface area contributed by atoms with Crippen molar-refractivity contribution in [3.63, 3.8) is 0 Å². The minimum Gasteiger partial charge on any atom is -0.374 e. The van der Waals surface area contributed by atoms with Gasteiger partial charge in [0.25, 0.3) is 0 Å². The fourth-order valence-corrected chi connectivity index (χ4v) is 2.77. The number of ether oxygens (including phenoxy) is 1. The summed E-state index contributed by atoms with van der Waals surface area (Å²) in [5.74, 6) is 0.575. The maximum atomic E-state index is 6.11.